The van der Waals surface area contributed by atoms with Gasteiger partial charge in [0.2, 0.25) is 15.9 Å². The van der Waals surface area contributed by atoms with Crippen molar-refractivity contribution in [3.63, 3.8) is 0 Å². The van der Waals surface area contributed by atoms with Crippen LogP contribution in [-0.2, 0) is 14.8 Å². The molecular weight excluding hydrogens is 349 g/mol. The molecule has 134 valence electrons. The molecule has 0 unspecified atom stereocenters. The van der Waals surface area contributed by atoms with Crippen LogP contribution in [0.15, 0.2) is 39.8 Å². The highest BCUT2D eigenvalue weighted by molar-refractivity contribution is 7.89. The zero-order valence-electron chi connectivity index (χ0n) is 13.6. The Kier molecular flexibility index (Phi) is 4.87. The summed E-state index contributed by atoms with van der Waals surface area (Å²) >= 11 is 0. The van der Waals surface area contributed by atoms with Crippen molar-refractivity contribution >= 4 is 21.7 Å². The van der Waals surface area contributed by atoms with Crippen LogP contribution < -0.4 is 5.32 Å². The van der Waals surface area contributed by atoms with Crippen LogP contribution in [-0.4, -0.2) is 36.9 Å². The molecule has 0 aliphatic carbocycles. The van der Waals surface area contributed by atoms with Crippen LogP contribution in [0.5, 0.6) is 0 Å². The van der Waals surface area contributed by atoms with E-state index in [9.17, 15) is 17.6 Å². The van der Waals surface area contributed by atoms with E-state index < -0.39 is 15.8 Å². The zero-order valence-corrected chi connectivity index (χ0v) is 14.4. The van der Waals surface area contributed by atoms with E-state index in [-0.39, 0.29) is 29.8 Å². The van der Waals surface area contributed by atoms with Crippen molar-refractivity contribution in [2.75, 3.05) is 18.4 Å². The molecule has 2 aromatic rings. The van der Waals surface area contributed by atoms with Crippen LogP contribution in [0, 0.1) is 18.7 Å². The van der Waals surface area contributed by atoms with E-state index in [1.165, 1.54) is 16.4 Å². The predicted octanol–water partition coefficient (Wildman–Crippen LogP) is 2.16. The van der Waals surface area contributed by atoms with Crippen LogP contribution in [0.3, 0.4) is 0 Å². The van der Waals surface area contributed by atoms with Crippen molar-refractivity contribution in [2.24, 2.45) is 5.92 Å². The second kappa shape index (κ2) is 6.93. The number of hydrogen-bond donors (Lipinski definition) is 1. The number of benzene rings is 1. The number of halogens is 1. The van der Waals surface area contributed by atoms with Crippen LogP contribution in [0.4, 0.5) is 10.2 Å². The molecule has 1 N–H and O–H groups in total. The molecule has 1 aliphatic rings. The van der Waals surface area contributed by atoms with Crippen molar-refractivity contribution in [1.29, 1.82) is 0 Å². The first-order valence-corrected chi connectivity index (χ1v) is 9.30. The van der Waals surface area contributed by atoms with E-state index >= 15 is 0 Å². The highest BCUT2D eigenvalue weighted by atomic mass is 32.2. The van der Waals surface area contributed by atoms with Gasteiger partial charge in [-0.15, -0.1) is 0 Å². The predicted molar refractivity (Wildman–Crippen MR) is 87.8 cm³/mol. The molecule has 1 aromatic heterocycles. The fourth-order valence-electron chi connectivity index (χ4n) is 2.77. The van der Waals surface area contributed by atoms with Crippen molar-refractivity contribution in [3.05, 3.63) is 41.9 Å². The Bertz CT molecular complexity index is 856. The van der Waals surface area contributed by atoms with Gasteiger partial charge in [0.05, 0.1) is 4.90 Å². The first kappa shape index (κ1) is 17.6. The Hall–Kier alpha value is -2.26. The molecule has 2 heterocycles. The zero-order chi connectivity index (χ0) is 18.0. The van der Waals surface area contributed by atoms with Gasteiger partial charge in [0, 0.05) is 25.1 Å². The third kappa shape index (κ3) is 3.88. The molecule has 1 saturated heterocycles. The number of piperidine rings is 1. The Morgan fingerprint density at radius 3 is 2.48 bits per heavy atom. The highest BCUT2D eigenvalue weighted by Crippen LogP contribution is 2.25. The molecular formula is C16H18FN3O4S. The molecule has 0 bridgehead atoms. The van der Waals surface area contributed by atoms with Gasteiger partial charge in [-0.05, 0) is 44.0 Å². The van der Waals surface area contributed by atoms with Crippen molar-refractivity contribution in [1.82, 2.24) is 9.46 Å². The summed E-state index contributed by atoms with van der Waals surface area (Å²) in [5.41, 5.74) is 0. The van der Waals surface area contributed by atoms with Crippen LogP contribution in [0.1, 0.15) is 18.6 Å². The normalized spacial score (nSPS) is 16.7. The Labute approximate surface area is 144 Å². The summed E-state index contributed by atoms with van der Waals surface area (Å²) in [6.45, 7) is 2.19. The lowest BCUT2D eigenvalue weighted by molar-refractivity contribution is -0.120. The summed E-state index contributed by atoms with van der Waals surface area (Å²) < 4.78 is 44.3. The number of nitrogens with one attached hydrogen (secondary N) is 1. The van der Waals surface area contributed by atoms with Gasteiger partial charge < -0.3 is 9.84 Å². The minimum atomic E-state index is -3.68. The second-order valence-electron chi connectivity index (χ2n) is 5.94. The van der Waals surface area contributed by atoms with Gasteiger partial charge in [0.25, 0.3) is 0 Å². The number of carbonyl (C=O) groups excluding carboxylic acids is 1. The number of anilines is 1. The van der Waals surface area contributed by atoms with Gasteiger partial charge in [0.1, 0.15) is 11.6 Å². The first-order chi connectivity index (χ1) is 11.9. The number of carbonyl (C=O) groups is 1. The van der Waals surface area contributed by atoms with E-state index in [1.807, 2.05) is 0 Å². The van der Waals surface area contributed by atoms with E-state index in [2.05, 4.69) is 10.5 Å². The largest absolute Gasteiger partial charge is 0.360 e. The molecule has 0 spiro atoms. The van der Waals surface area contributed by atoms with E-state index in [0.717, 1.165) is 12.1 Å². The lowest BCUT2D eigenvalue weighted by atomic mass is 9.97. The molecule has 7 nitrogen and oxygen atoms in total. The SMILES string of the molecule is Cc1cc(NC(=O)C2CCN(S(=O)(=O)c3ccc(F)cc3)CC2)no1. The number of hydrogen-bond acceptors (Lipinski definition) is 5. The number of sulfonamides is 1. The fourth-order valence-corrected chi connectivity index (χ4v) is 4.24. The summed E-state index contributed by atoms with van der Waals surface area (Å²) in [6.07, 6.45) is 0.812. The first-order valence-electron chi connectivity index (χ1n) is 7.86. The summed E-state index contributed by atoms with van der Waals surface area (Å²) in [6, 6.07) is 6.35. The number of aromatic nitrogens is 1. The molecule has 0 radical (unpaired) electrons. The third-order valence-electron chi connectivity index (χ3n) is 4.16. The molecule has 25 heavy (non-hydrogen) atoms. The number of nitrogens with zero attached hydrogens (tertiary/aromatic N) is 2. The van der Waals surface area contributed by atoms with Gasteiger partial charge >= 0.3 is 0 Å². The minimum Gasteiger partial charge on any atom is -0.360 e. The van der Waals surface area contributed by atoms with E-state index in [0.29, 0.717) is 24.4 Å². The van der Waals surface area contributed by atoms with E-state index in [1.54, 1.807) is 13.0 Å². The van der Waals surface area contributed by atoms with Crippen LogP contribution in [0.25, 0.3) is 0 Å². The topological polar surface area (TPSA) is 92.5 Å². The maximum atomic E-state index is 13.0. The monoisotopic (exact) mass is 367 g/mol. The maximum absolute atomic E-state index is 13.0. The molecule has 9 heteroatoms. The molecule has 1 aliphatic heterocycles. The van der Waals surface area contributed by atoms with Crippen molar-refractivity contribution < 1.29 is 22.1 Å². The molecule has 0 saturated carbocycles. The summed E-state index contributed by atoms with van der Waals surface area (Å²) in [5.74, 6) is -0.0411. The number of amides is 1. The third-order valence-corrected chi connectivity index (χ3v) is 6.07. The molecule has 0 atom stereocenters. The summed E-state index contributed by atoms with van der Waals surface area (Å²) in [4.78, 5) is 12.3. The Balaban J connectivity index is 1.61. The van der Waals surface area contributed by atoms with Crippen LogP contribution in [0.2, 0.25) is 0 Å². The number of rotatable bonds is 4. The molecule has 1 aromatic carbocycles. The van der Waals surface area contributed by atoms with Gasteiger partial charge in [0.15, 0.2) is 5.82 Å². The fraction of sp³-hybridized carbons (Fsp3) is 0.375. The number of aryl methyl sites for hydroxylation is 1. The standard InChI is InChI=1S/C16H18FN3O4S/c1-11-10-15(19-24-11)18-16(21)12-6-8-20(9-7-12)25(22,23)14-4-2-13(17)3-5-14/h2-5,10,12H,6-9H2,1H3,(H,18,19,21). The quantitative estimate of drug-likeness (QED) is 0.894. The van der Waals surface area contributed by atoms with Crippen LogP contribution >= 0.6 is 0 Å². The lowest BCUT2D eigenvalue weighted by Crippen LogP contribution is -2.41. The van der Waals surface area contributed by atoms with Gasteiger partial charge in [-0.25, -0.2) is 12.8 Å². The molecule has 1 fully saturated rings. The maximum Gasteiger partial charge on any atom is 0.243 e. The van der Waals surface area contributed by atoms with Crippen molar-refractivity contribution in [3.8, 4) is 0 Å². The average Bonchev–Trinajstić information content (AvgIpc) is 3.00. The highest BCUT2D eigenvalue weighted by Gasteiger charge is 2.32. The molecule has 3 rings (SSSR count). The minimum absolute atomic E-state index is 0.0508. The van der Waals surface area contributed by atoms with Crippen molar-refractivity contribution in [2.45, 2.75) is 24.7 Å². The second-order valence-corrected chi connectivity index (χ2v) is 7.88. The average molecular weight is 367 g/mol. The molecule has 1 amide bonds. The Morgan fingerprint density at radius 2 is 1.92 bits per heavy atom. The Morgan fingerprint density at radius 1 is 1.28 bits per heavy atom. The van der Waals surface area contributed by atoms with E-state index in [4.69, 9.17) is 4.52 Å². The smallest absolute Gasteiger partial charge is 0.243 e. The van der Waals surface area contributed by atoms with Gasteiger partial charge in [-0.1, -0.05) is 5.16 Å². The lowest BCUT2D eigenvalue weighted by Gasteiger charge is -2.30. The van der Waals surface area contributed by atoms with Gasteiger partial charge in [-0.3, -0.25) is 4.79 Å². The van der Waals surface area contributed by atoms with Gasteiger partial charge in [-0.2, -0.15) is 4.31 Å². The summed E-state index contributed by atoms with van der Waals surface area (Å²) in [5, 5.41) is 6.38. The summed E-state index contributed by atoms with van der Waals surface area (Å²) in [7, 11) is -3.68.